The maximum atomic E-state index is 4.12. The highest BCUT2D eigenvalue weighted by Crippen LogP contribution is 2.28. The van der Waals surface area contributed by atoms with E-state index in [0.717, 1.165) is 17.1 Å². The Kier molecular flexibility index (Phi) is 6.85. The summed E-state index contributed by atoms with van der Waals surface area (Å²) in [5.74, 6) is 0. The fourth-order valence-electron chi connectivity index (χ4n) is 1.72. The Morgan fingerprint density at radius 1 is 0.947 bits per heavy atom. The van der Waals surface area contributed by atoms with Crippen LogP contribution in [0.15, 0.2) is 67.1 Å². The Morgan fingerprint density at radius 3 is 1.74 bits per heavy atom. The highest BCUT2D eigenvalue weighted by Gasteiger charge is 2.11. The van der Waals surface area contributed by atoms with Gasteiger partial charge in [0.1, 0.15) is 0 Å². The van der Waals surface area contributed by atoms with E-state index >= 15 is 0 Å². The highest BCUT2D eigenvalue weighted by atomic mass is 127. The van der Waals surface area contributed by atoms with Gasteiger partial charge in [0, 0.05) is 24.2 Å². The van der Waals surface area contributed by atoms with E-state index in [1.54, 1.807) is 0 Å². The quantitative estimate of drug-likeness (QED) is 0.378. The van der Waals surface area contributed by atoms with E-state index in [-0.39, 0.29) is 0 Å². The average molecular weight is 477 g/mol. The molecule has 100 valence electrons. The van der Waals surface area contributed by atoms with Crippen LogP contribution in [0.25, 0.3) is 0 Å². The van der Waals surface area contributed by atoms with Crippen molar-refractivity contribution in [3.05, 3.63) is 74.2 Å². The first-order valence-electron chi connectivity index (χ1n) is 5.89. The standard InChI is InChI=1S/C16H17I2N/c1-5-7-12(3)19(13(4)8-6-2)16-10-14(17)9-15(18)11-16/h5-11H,3-4H2,1-2H3/b7-5-,8-6-. The van der Waals surface area contributed by atoms with Gasteiger partial charge in [0.25, 0.3) is 0 Å². The molecule has 0 heterocycles. The van der Waals surface area contributed by atoms with Crippen molar-refractivity contribution in [3.8, 4) is 0 Å². The number of benzene rings is 1. The smallest absolute Gasteiger partial charge is 0.0482 e. The van der Waals surface area contributed by atoms with Gasteiger partial charge in [-0.3, -0.25) is 0 Å². The minimum absolute atomic E-state index is 0.906. The zero-order valence-electron chi connectivity index (χ0n) is 11.2. The number of anilines is 1. The predicted octanol–water partition coefficient (Wildman–Crippen LogP) is 5.88. The normalized spacial score (nSPS) is 11.2. The lowest BCUT2D eigenvalue weighted by molar-refractivity contribution is 1.15. The van der Waals surface area contributed by atoms with Crippen LogP contribution in [-0.4, -0.2) is 0 Å². The first-order valence-corrected chi connectivity index (χ1v) is 8.04. The van der Waals surface area contributed by atoms with E-state index in [1.807, 2.05) is 38.2 Å². The molecule has 1 aromatic carbocycles. The molecular weight excluding hydrogens is 460 g/mol. The monoisotopic (exact) mass is 477 g/mol. The minimum atomic E-state index is 0.906. The second-order valence-corrected chi connectivity index (χ2v) is 6.44. The zero-order chi connectivity index (χ0) is 14.4. The van der Waals surface area contributed by atoms with Crippen molar-refractivity contribution in [1.29, 1.82) is 0 Å². The molecule has 0 aliphatic carbocycles. The molecule has 0 radical (unpaired) electrons. The molecule has 0 bridgehead atoms. The number of hydrogen-bond donors (Lipinski definition) is 0. The van der Waals surface area contributed by atoms with Gasteiger partial charge in [-0.1, -0.05) is 25.3 Å². The van der Waals surface area contributed by atoms with E-state index in [1.165, 1.54) is 7.14 Å². The van der Waals surface area contributed by atoms with E-state index in [4.69, 9.17) is 0 Å². The molecule has 1 rings (SSSR count). The molecule has 0 amide bonds. The lowest BCUT2D eigenvalue weighted by Crippen LogP contribution is -2.18. The van der Waals surface area contributed by atoms with Crippen LogP contribution in [0.4, 0.5) is 5.69 Å². The lowest BCUT2D eigenvalue weighted by Gasteiger charge is -2.26. The fourth-order valence-corrected chi connectivity index (χ4v) is 3.62. The molecule has 0 aliphatic heterocycles. The fraction of sp³-hybridized carbons (Fsp3) is 0.125. The third-order valence-electron chi connectivity index (χ3n) is 2.40. The molecule has 0 atom stereocenters. The van der Waals surface area contributed by atoms with Crippen molar-refractivity contribution in [2.24, 2.45) is 0 Å². The highest BCUT2D eigenvalue weighted by molar-refractivity contribution is 14.1. The molecule has 19 heavy (non-hydrogen) atoms. The van der Waals surface area contributed by atoms with Crippen molar-refractivity contribution in [2.45, 2.75) is 13.8 Å². The largest absolute Gasteiger partial charge is 0.312 e. The molecule has 0 unspecified atom stereocenters. The molecule has 0 N–H and O–H groups in total. The molecule has 3 heteroatoms. The van der Waals surface area contributed by atoms with Crippen molar-refractivity contribution in [3.63, 3.8) is 0 Å². The molecule has 0 saturated heterocycles. The second kappa shape index (κ2) is 7.89. The number of rotatable bonds is 5. The molecule has 0 saturated carbocycles. The van der Waals surface area contributed by atoms with Gasteiger partial charge in [-0.05, 0) is 89.4 Å². The summed E-state index contributed by atoms with van der Waals surface area (Å²) in [6.07, 6.45) is 7.94. The van der Waals surface area contributed by atoms with Crippen LogP contribution in [0.2, 0.25) is 0 Å². The molecule has 0 aromatic heterocycles. The first-order chi connectivity index (χ1) is 8.99. The summed E-state index contributed by atoms with van der Waals surface area (Å²) in [5.41, 5.74) is 2.90. The lowest BCUT2D eigenvalue weighted by atomic mass is 10.2. The second-order valence-electron chi connectivity index (χ2n) is 3.95. The Bertz CT molecular complexity index is 497. The third kappa shape index (κ3) is 4.80. The predicted molar refractivity (Wildman–Crippen MR) is 102 cm³/mol. The molecule has 1 nitrogen and oxygen atoms in total. The average Bonchev–Trinajstić information content (AvgIpc) is 2.28. The zero-order valence-corrected chi connectivity index (χ0v) is 15.5. The van der Waals surface area contributed by atoms with Gasteiger partial charge in [0.2, 0.25) is 0 Å². The Balaban J connectivity index is 3.29. The summed E-state index contributed by atoms with van der Waals surface area (Å²) in [6, 6.07) is 6.40. The van der Waals surface area contributed by atoms with Crippen LogP contribution < -0.4 is 4.90 Å². The maximum Gasteiger partial charge on any atom is 0.0482 e. The van der Waals surface area contributed by atoms with E-state index in [2.05, 4.69) is 81.4 Å². The van der Waals surface area contributed by atoms with Crippen molar-refractivity contribution in [2.75, 3.05) is 4.90 Å². The topological polar surface area (TPSA) is 3.24 Å². The molecule has 0 aliphatic rings. The molecule has 1 aromatic rings. The molecule has 0 spiro atoms. The van der Waals surface area contributed by atoms with Gasteiger partial charge in [0.05, 0.1) is 0 Å². The van der Waals surface area contributed by atoms with Crippen molar-refractivity contribution < 1.29 is 0 Å². The number of nitrogens with zero attached hydrogens (tertiary/aromatic N) is 1. The van der Waals surface area contributed by atoms with E-state index in [0.29, 0.717) is 0 Å². The third-order valence-corrected chi connectivity index (χ3v) is 3.64. The summed E-state index contributed by atoms with van der Waals surface area (Å²) in [5, 5.41) is 0. The van der Waals surface area contributed by atoms with E-state index in [9.17, 15) is 0 Å². The van der Waals surface area contributed by atoms with Crippen LogP contribution in [0.1, 0.15) is 13.8 Å². The molecule has 0 fully saturated rings. The minimum Gasteiger partial charge on any atom is -0.312 e. The van der Waals surface area contributed by atoms with Crippen LogP contribution in [0, 0.1) is 7.14 Å². The van der Waals surface area contributed by atoms with Crippen molar-refractivity contribution >= 4 is 50.9 Å². The van der Waals surface area contributed by atoms with Crippen LogP contribution in [0.3, 0.4) is 0 Å². The number of allylic oxidation sites excluding steroid dienone is 4. The van der Waals surface area contributed by atoms with Crippen molar-refractivity contribution in [1.82, 2.24) is 0 Å². The Morgan fingerprint density at radius 2 is 1.37 bits per heavy atom. The van der Waals surface area contributed by atoms with Gasteiger partial charge in [0.15, 0.2) is 0 Å². The van der Waals surface area contributed by atoms with Gasteiger partial charge in [-0.25, -0.2) is 0 Å². The van der Waals surface area contributed by atoms with Gasteiger partial charge in [-0.2, -0.15) is 0 Å². The number of hydrogen-bond acceptors (Lipinski definition) is 1. The molecular formula is C16H17I2N. The Labute approximate surface area is 143 Å². The maximum absolute atomic E-state index is 4.12. The summed E-state index contributed by atoms with van der Waals surface area (Å²) < 4.78 is 2.40. The number of halogens is 2. The first kappa shape index (κ1) is 16.5. The van der Waals surface area contributed by atoms with Crippen LogP contribution in [-0.2, 0) is 0 Å². The summed E-state index contributed by atoms with van der Waals surface area (Å²) in [4.78, 5) is 2.06. The van der Waals surface area contributed by atoms with Crippen LogP contribution >= 0.6 is 45.2 Å². The van der Waals surface area contributed by atoms with Gasteiger partial charge < -0.3 is 4.90 Å². The Hall–Kier alpha value is -0.560. The summed E-state index contributed by atoms with van der Waals surface area (Å²) in [6.45, 7) is 12.2. The summed E-state index contributed by atoms with van der Waals surface area (Å²) >= 11 is 4.65. The SMILES string of the molecule is C=C(/C=C\C)N(C(=C)/C=C\C)c1cc(I)cc(I)c1. The van der Waals surface area contributed by atoms with E-state index < -0.39 is 0 Å². The van der Waals surface area contributed by atoms with Gasteiger partial charge >= 0.3 is 0 Å². The summed E-state index contributed by atoms with van der Waals surface area (Å²) in [7, 11) is 0. The van der Waals surface area contributed by atoms with Gasteiger partial charge in [-0.15, -0.1) is 0 Å². The van der Waals surface area contributed by atoms with Crippen LogP contribution in [0.5, 0.6) is 0 Å².